The quantitative estimate of drug-likeness (QED) is 0.706. The van der Waals surface area contributed by atoms with Gasteiger partial charge in [0.05, 0.1) is 12.7 Å². The molecule has 0 bridgehead atoms. The van der Waals surface area contributed by atoms with Gasteiger partial charge in [-0.05, 0) is 18.1 Å². The summed E-state index contributed by atoms with van der Waals surface area (Å²) in [6, 6.07) is 4.62. The van der Waals surface area contributed by atoms with Crippen LogP contribution >= 0.6 is 0 Å². The number of rotatable bonds is 7. The molecular formula is C14H19NO5. The Labute approximate surface area is 117 Å². The van der Waals surface area contributed by atoms with Crippen LogP contribution in [0.4, 0.5) is 0 Å². The number of carbonyl (C=O) groups excluding carboxylic acids is 1. The summed E-state index contributed by atoms with van der Waals surface area (Å²) < 4.78 is 4.93. The molecule has 110 valence electrons. The number of phenolic OH excluding ortho intramolecular Hbond substituents is 1. The van der Waals surface area contributed by atoms with Gasteiger partial charge in [0, 0.05) is 13.0 Å². The number of phenols is 1. The number of amides is 1. The van der Waals surface area contributed by atoms with E-state index in [2.05, 4.69) is 5.32 Å². The largest absolute Gasteiger partial charge is 0.504 e. The number of nitrogens with one attached hydrogen (secondary N) is 1. The molecule has 0 aromatic heterocycles. The maximum absolute atomic E-state index is 12.0. The highest BCUT2D eigenvalue weighted by molar-refractivity contribution is 5.97. The van der Waals surface area contributed by atoms with Gasteiger partial charge in [-0.2, -0.15) is 0 Å². The summed E-state index contributed by atoms with van der Waals surface area (Å²) >= 11 is 0. The van der Waals surface area contributed by atoms with Gasteiger partial charge in [-0.3, -0.25) is 9.59 Å². The second-order valence-corrected chi connectivity index (χ2v) is 4.44. The molecule has 1 aromatic rings. The Morgan fingerprint density at radius 2 is 2.10 bits per heavy atom. The molecule has 1 atom stereocenters. The number of ether oxygens (including phenoxy) is 1. The number of aromatic hydroxyl groups is 1. The second-order valence-electron chi connectivity index (χ2n) is 4.44. The van der Waals surface area contributed by atoms with Crippen LogP contribution in [0.1, 0.15) is 30.1 Å². The first-order chi connectivity index (χ1) is 9.49. The van der Waals surface area contributed by atoms with Crippen LogP contribution in [0.25, 0.3) is 0 Å². The van der Waals surface area contributed by atoms with E-state index in [0.717, 1.165) is 0 Å². The van der Waals surface area contributed by atoms with Gasteiger partial charge in [0.25, 0.3) is 5.91 Å². The minimum Gasteiger partial charge on any atom is -0.504 e. The topological polar surface area (TPSA) is 95.9 Å². The number of aliphatic carboxylic acids is 1. The Hall–Kier alpha value is -2.24. The van der Waals surface area contributed by atoms with Gasteiger partial charge in [-0.15, -0.1) is 0 Å². The zero-order valence-corrected chi connectivity index (χ0v) is 11.5. The van der Waals surface area contributed by atoms with E-state index < -0.39 is 11.9 Å². The molecule has 0 aliphatic carbocycles. The number of benzene rings is 1. The molecule has 20 heavy (non-hydrogen) atoms. The molecule has 6 nitrogen and oxygen atoms in total. The maximum Gasteiger partial charge on any atom is 0.303 e. The number of carbonyl (C=O) groups is 2. The summed E-state index contributed by atoms with van der Waals surface area (Å²) in [4.78, 5) is 22.6. The predicted molar refractivity (Wildman–Crippen MR) is 73.0 cm³/mol. The molecule has 0 radical (unpaired) electrons. The third-order valence-electron chi connectivity index (χ3n) is 3.06. The Kier molecular flexibility index (Phi) is 5.83. The van der Waals surface area contributed by atoms with Crippen LogP contribution in [0.15, 0.2) is 18.2 Å². The van der Waals surface area contributed by atoms with E-state index in [9.17, 15) is 14.7 Å². The molecule has 0 fully saturated rings. The number of para-hydroxylation sites is 1. The molecule has 0 heterocycles. The summed E-state index contributed by atoms with van der Waals surface area (Å²) in [5.41, 5.74) is 0.106. The van der Waals surface area contributed by atoms with E-state index in [1.54, 1.807) is 12.1 Å². The van der Waals surface area contributed by atoms with Crippen LogP contribution < -0.4 is 10.1 Å². The monoisotopic (exact) mass is 281 g/mol. The molecule has 0 saturated heterocycles. The fourth-order valence-electron chi connectivity index (χ4n) is 1.81. The molecule has 6 heteroatoms. The normalized spacial score (nSPS) is 11.7. The van der Waals surface area contributed by atoms with Crippen molar-refractivity contribution in [1.29, 1.82) is 0 Å². The lowest BCUT2D eigenvalue weighted by Crippen LogP contribution is -2.30. The lowest BCUT2D eigenvalue weighted by molar-refractivity contribution is -0.138. The van der Waals surface area contributed by atoms with Gasteiger partial charge >= 0.3 is 5.97 Å². The maximum atomic E-state index is 12.0. The average molecular weight is 281 g/mol. The molecule has 1 rings (SSSR count). The van der Waals surface area contributed by atoms with Gasteiger partial charge in [0.2, 0.25) is 0 Å². The van der Waals surface area contributed by atoms with Crippen molar-refractivity contribution < 1.29 is 24.5 Å². The minimum atomic E-state index is -0.893. The minimum absolute atomic E-state index is 0.000866. The fourth-order valence-corrected chi connectivity index (χ4v) is 1.81. The Balaban J connectivity index is 2.69. The predicted octanol–water partition coefficient (Wildman–Crippen LogP) is 1.63. The Morgan fingerprint density at radius 1 is 1.40 bits per heavy atom. The van der Waals surface area contributed by atoms with Crippen molar-refractivity contribution in [1.82, 2.24) is 5.32 Å². The van der Waals surface area contributed by atoms with Gasteiger partial charge in [-0.1, -0.05) is 19.4 Å². The summed E-state index contributed by atoms with van der Waals surface area (Å²) in [5.74, 6) is -1.49. The molecule has 0 aliphatic rings. The number of carboxylic acids is 1. The van der Waals surface area contributed by atoms with Crippen LogP contribution in [0.2, 0.25) is 0 Å². The van der Waals surface area contributed by atoms with Gasteiger partial charge in [0.15, 0.2) is 11.5 Å². The highest BCUT2D eigenvalue weighted by atomic mass is 16.5. The van der Waals surface area contributed by atoms with Crippen molar-refractivity contribution in [3.05, 3.63) is 23.8 Å². The Morgan fingerprint density at radius 3 is 2.65 bits per heavy atom. The summed E-state index contributed by atoms with van der Waals surface area (Å²) in [5, 5.41) is 21.2. The lowest BCUT2D eigenvalue weighted by atomic mass is 10.0. The van der Waals surface area contributed by atoms with Crippen LogP contribution in [0.5, 0.6) is 11.5 Å². The first-order valence-electron chi connectivity index (χ1n) is 6.35. The summed E-state index contributed by atoms with van der Waals surface area (Å²) in [6.45, 7) is 2.11. The van der Waals surface area contributed by atoms with Crippen LogP contribution in [0, 0.1) is 5.92 Å². The van der Waals surface area contributed by atoms with Crippen LogP contribution in [0.3, 0.4) is 0 Å². The second kappa shape index (κ2) is 7.37. The zero-order chi connectivity index (χ0) is 15.1. The van der Waals surface area contributed by atoms with E-state index in [-0.39, 0.29) is 35.9 Å². The highest BCUT2D eigenvalue weighted by Crippen LogP contribution is 2.29. The van der Waals surface area contributed by atoms with Crippen LogP contribution in [-0.4, -0.2) is 35.7 Å². The van der Waals surface area contributed by atoms with Crippen molar-refractivity contribution in [2.24, 2.45) is 5.92 Å². The molecule has 0 aliphatic heterocycles. The third-order valence-corrected chi connectivity index (χ3v) is 3.06. The SMILES string of the molecule is CCC(CNC(=O)c1cccc(OC)c1O)CC(=O)O. The number of methoxy groups -OCH3 is 1. The first-order valence-corrected chi connectivity index (χ1v) is 6.35. The third kappa shape index (κ3) is 4.15. The van der Waals surface area contributed by atoms with Crippen molar-refractivity contribution in [2.45, 2.75) is 19.8 Å². The zero-order valence-electron chi connectivity index (χ0n) is 11.5. The van der Waals surface area contributed by atoms with Gasteiger partial charge in [0.1, 0.15) is 0 Å². The van der Waals surface area contributed by atoms with Crippen LogP contribution in [-0.2, 0) is 4.79 Å². The summed E-state index contributed by atoms with van der Waals surface area (Å²) in [6.07, 6.45) is 0.650. The highest BCUT2D eigenvalue weighted by Gasteiger charge is 2.17. The molecule has 1 unspecified atom stereocenters. The molecule has 3 N–H and O–H groups in total. The lowest BCUT2D eigenvalue weighted by Gasteiger charge is -2.14. The van der Waals surface area contributed by atoms with E-state index in [4.69, 9.17) is 9.84 Å². The standard InChI is InChI=1S/C14H19NO5/c1-3-9(7-12(16)17)8-15-14(19)10-5-4-6-11(20-2)13(10)18/h4-6,9,18H,3,7-8H2,1-2H3,(H,15,19)(H,16,17). The van der Waals surface area contributed by atoms with E-state index in [0.29, 0.717) is 6.42 Å². The smallest absolute Gasteiger partial charge is 0.303 e. The average Bonchev–Trinajstić information content (AvgIpc) is 2.42. The number of hydrogen-bond acceptors (Lipinski definition) is 4. The van der Waals surface area contributed by atoms with E-state index in [1.807, 2.05) is 6.92 Å². The Bertz CT molecular complexity index is 486. The number of carboxylic acid groups (broad SMARTS) is 1. The van der Waals surface area contributed by atoms with Gasteiger partial charge < -0.3 is 20.3 Å². The van der Waals surface area contributed by atoms with Crippen molar-refractivity contribution in [3.8, 4) is 11.5 Å². The van der Waals surface area contributed by atoms with Crippen molar-refractivity contribution >= 4 is 11.9 Å². The summed E-state index contributed by atoms with van der Waals surface area (Å²) in [7, 11) is 1.40. The van der Waals surface area contributed by atoms with E-state index in [1.165, 1.54) is 13.2 Å². The molecule has 0 spiro atoms. The molecule has 1 aromatic carbocycles. The van der Waals surface area contributed by atoms with E-state index >= 15 is 0 Å². The molecule has 0 saturated carbocycles. The van der Waals surface area contributed by atoms with Crippen molar-refractivity contribution in [2.75, 3.05) is 13.7 Å². The molecular weight excluding hydrogens is 262 g/mol. The molecule has 1 amide bonds. The fraction of sp³-hybridized carbons (Fsp3) is 0.429. The van der Waals surface area contributed by atoms with Gasteiger partial charge in [-0.25, -0.2) is 0 Å². The first kappa shape index (κ1) is 15.8. The van der Waals surface area contributed by atoms with Crippen molar-refractivity contribution in [3.63, 3.8) is 0 Å². The number of hydrogen-bond donors (Lipinski definition) is 3.